The van der Waals surface area contributed by atoms with Crippen molar-refractivity contribution in [3.05, 3.63) is 29.6 Å². The Labute approximate surface area is 117 Å². The molecular weight excluding hydrogens is 312 g/mol. The van der Waals surface area contributed by atoms with Crippen molar-refractivity contribution >= 4 is 27.0 Å². The number of alkyl halides is 1. The van der Waals surface area contributed by atoms with Crippen LogP contribution in [0.1, 0.15) is 5.56 Å². The Balaban J connectivity index is 2.28. The van der Waals surface area contributed by atoms with Gasteiger partial charge in [0.05, 0.1) is 10.5 Å². The van der Waals surface area contributed by atoms with Crippen molar-refractivity contribution in [1.29, 1.82) is 5.26 Å². The largest absolute Gasteiger partial charge is 0.368 e. The minimum atomic E-state index is -4.14. The molecule has 2 N–H and O–H groups in total. The van der Waals surface area contributed by atoms with Crippen LogP contribution in [0.25, 0.3) is 0 Å². The van der Waals surface area contributed by atoms with Crippen LogP contribution in [0.5, 0.6) is 0 Å². The molecule has 0 saturated heterocycles. The number of thioether (sulfide) groups is 1. The number of rotatable bonds is 2. The van der Waals surface area contributed by atoms with Crippen molar-refractivity contribution in [1.82, 2.24) is 4.72 Å². The highest BCUT2D eigenvalue weighted by Gasteiger charge is 2.31. The van der Waals surface area contributed by atoms with Gasteiger partial charge >= 0.3 is 0 Å². The summed E-state index contributed by atoms with van der Waals surface area (Å²) in [6.45, 7) is 0. The average molecular weight is 319 g/mol. The van der Waals surface area contributed by atoms with Crippen LogP contribution in [-0.2, 0) is 10.0 Å². The second-order valence-corrected chi connectivity index (χ2v) is 6.43. The van der Waals surface area contributed by atoms with E-state index in [2.05, 4.69) is 4.99 Å². The zero-order valence-corrected chi connectivity index (χ0v) is 11.3. The minimum Gasteiger partial charge on any atom is -0.368 e. The minimum absolute atomic E-state index is 0.312. The van der Waals surface area contributed by atoms with E-state index in [1.54, 1.807) is 0 Å². The smallest absolute Gasteiger partial charge is 0.263 e. The van der Waals surface area contributed by atoms with Gasteiger partial charge < -0.3 is 5.11 Å². The monoisotopic (exact) mass is 319 g/mol. The summed E-state index contributed by atoms with van der Waals surface area (Å²) in [5.74, 6) is -0.849. The van der Waals surface area contributed by atoms with Crippen molar-refractivity contribution in [2.75, 3.05) is 0 Å². The molecule has 0 aliphatic carbocycles. The lowest BCUT2D eigenvalue weighted by Gasteiger charge is -2.07. The first-order valence-corrected chi connectivity index (χ1v) is 7.49. The number of aliphatic hydroxyl groups is 1. The molecule has 1 aromatic rings. The molecule has 6 nitrogen and oxygen atoms in total. The lowest BCUT2D eigenvalue weighted by Crippen LogP contribution is -2.27. The number of hydrogen-bond acceptors (Lipinski definition) is 6. The molecule has 1 aliphatic heterocycles. The quantitative estimate of drug-likeness (QED) is 0.835. The standard InChI is InChI=1S/C10H7F2N3O3S2/c11-7-2-1-6(3-5(7)4-13)20(17,18)15-10-14-9(16)8(12)19-10/h1-3,8-9,16H,(H,14,15)/t8-,9+/m1/s1. The summed E-state index contributed by atoms with van der Waals surface area (Å²) >= 11 is 0.412. The zero-order chi connectivity index (χ0) is 14.9. The van der Waals surface area contributed by atoms with E-state index in [4.69, 9.17) is 10.4 Å². The van der Waals surface area contributed by atoms with E-state index in [1.165, 1.54) is 6.07 Å². The van der Waals surface area contributed by atoms with Crippen LogP contribution in [-0.4, -0.2) is 30.4 Å². The fourth-order valence-electron chi connectivity index (χ4n) is 1.36. The van der Waals surface area contributed by atoms with Crippen LogP contribution in [0.2, 0.25) is 0 Å². The summed E-state index contributed by atoms with van der Waals surface area (Å²) in [5, 5.41) is 17.4. The molecule has 10 heteroatoms. The Bertz CT molecular complexity index is 715. The second kappa shape index (κ2) is 5.35. The first kappa shape index (κ1) is 14.7. The fourth-order valence-corrected chi connectivity index (χ4v) is 3.37. The first-order chi connectivity index (χ1) is 9.33. The molecule has 0 fully saturated rings. The third-order valence-electron chi connectivity index (χ3n) is 2.30. The SMILES string of the molecule is N#Cc1cc(S(=O)(=O)NC2=N[C@@H](O)[C@H](F)S2)ccc1F. The molecule has 0 radical (unpaired) electrons. The van der Waals surface area contributed by atoms with E-state index < -0.39 is 33.1 Å². The maximum absolute atomic E-state index is 13.1. The van der Waals surface area contributed by atoms with Gasteiger partial charge in [0.2, 0.25) is 0 Å². The van der Waals surface area contributed by atoms with E-state index in [0.717, 1.165) is 18.2 Å². The van der Waals surface area contributed by atoms with Gasteiger partial charge in [0, 0.05) is 0 Å². The highest BCUT2D eigenvalue weighted by Crippen LogP contribution is 2.26. The molecule has 1 aromatic carbocycles. The van der Waals surface area contributed by atoms with Gasteiger partial charge in [-0.05, 0) is 30.0 Å². The van der Waals surface area contributed by atoms with E-state index in [0.29, 0.717) is 11.8 Å². The topological polar surface area (TPSA) is 103 Å². The lowest BCUT2D eigenvalue weighted by molar-refractivity contribution is 0.135. The number of halogens is 2. The van der Waals surface area contributed by atoms with Gasteiger partial charge in [-0.2, -0.15) is 5.26 Å². The molecule has 0 spiro atoms. The molecule has 20 heavy (non-hydrogen) atoms. The summed E-state index contributed by atoms with van der Waals surface area (Å²) in [7, 11) is -4.14. The van der Waals surface area contributed by atoms with Gasteiger partial charge in [-0.15, -0.1) is 0 Å². The molecule has 2 atom stereocenters. The van der Waals surface area contributed by atoms with Crippen LogP contribution in [0.3, 0.4) is 0 Å². The van der Waals surface area contributed by atoms with Gasteiger partial charge in [-0.25, -0.2) is 22.2 Å². The predicted octanol–water partition coefficient (Wildman–Crippen LogP) is 0.692. The van der Waals surface area contributed by atoms with Crippen LogP contribution in [0, 0.1) is 17.1 Å². The van der Waals surface area contributed by atoms with Crippen LogP contribution >= 0.6 is 11.8 Å². The second-order valence-electron chi connectivity index (χ2n) is 3.68. The lowest BCUT2D eigenvalue weighted by atomic mass is 10.2. The van der Waals surface area contributed by atoms with Crippen molar-refractivity contribution in [2.45, 2.75) is 16.6 Å². The van der Waals surface area contributed by atoms with Crippen LogP contribution < -0.4 is 4.72 Å². The van der Waals surface area contributed by atoms with E-state index in [-0.39, 0.29) is 10.1 Å². The van der Waals surface area contributed by atoms with E-state index in [9.17, 15) is 17.2 Å². The average Bonchev–Trinajstić information content (AvgIpc) is 2.67. The Morgan fingerprint density at radius 3 is 2.75 bits per heavy atom. The third kappa shape index (κ3) is 2.90. The van der Waals surface area contributed by atoms with Crippen LogP contribution in [0.15, 0.2) is 28.1 Å². The molecule has 0 amide bonds. The molecule has 2 rings (SSSR count). The maximum Gasteiger partial charge on any atom is 0.263 e. The number of nitrogens with zero attached hydrogens (tertiary/aromatic N) is 2. The molecular formula is C10H7F2N3O3S2. The van der Waals surface area contributed by atoms with Gasteiger partial charge in [0.1, 0.15) is 11.9 Å². The van der Waals surface area contributed by atoms with Crippen molar-refractivity contribution < 1.29 is 22.3 Å². The molecule has 0 bridgehead atoms. The summed E-state index contributed by atoms with van der Waals surface area (Å²) < 4.78 is 51.9. The van der Waals surface area contributed by atoms with Gasteiger partial charge in [0.25, 0.3) is 10.0 Å². The Morgan fingerprint density at radius 2 is 2.20 bits per heavy atom. The summed E-state index contributed by atoms with van der Waals surface area (Å²) in [5.41, 5.74) is -2.19. The Kier molecular flexibility index (Phi) is 3.94. The number of amidine groups is 1. The van der Waals surface area contributed by atoms with E-state index >= 15 is 0 Å². The molecule has 106 valence electrons. The summed E-state index contributed by atoms with van der Waals surface area (Å²) in [4.78, 5) is 3.01. The normalized spacial score (nSPS) is 22.2. The number of benzene rings is 1. The molecule has 1 aliphatic rings. The number of hydrogen-bond donors (Lipinski definition) is 2. The van der Waals surface area contributed by atoms with Gasteiger partial charge in [-0.3, -0.25) is 4.72 Å². The fraction of sp³-hybridized carbons (Fsp3) is 0.200. The maximum atomic E-state index is 13.1. The third-order valence-corrected chi connectivity index (χ3v) is 4.66. The molecule has 0 saturated carbocycles. The summed E-state index contributed by atoms with van der Waals surface area (Å²) in [6.07, 6.45) is -1.64. The highest BCUT2D eigenvalue weighted by molar-refractivity contribution is 8.15. The van der Waals surface area contributed by atoms with Crippen molar-refractivity contribution in [3.8, 4) is 6.07 Å². The Morgan fingerprint density at radius 1 is 1.50 bits per heavy atom. The molecule has 1 heterocycles. The Hall–Kier alpha value is -1.70. The summed E-state index contributed by atoms with van der Waals surface area (Å²) in [6, 6.07) is 4.16. The number of aliphatic hydroxyl groups excluding tert-OH is 1. The molecule has 0 aromatic heterocycles. The van der Waals surface area contributed by atoms with Crippen molar-refractivity contribution in [2.24, 2.45) is 4.99 Å². The number of aliphatic imine (C=N–C) groups is 1. The van der Waals surface area contributed by atoms with Crippen LogP contribution in [0.4, 0.5) is 8.78 Å². The number of nitriles is 1. The van der Waals surface area contributed by atoms with Crippen molar-refractivity contribution in [3.63, 3.8) is 0 Å². The highest BCUT2D eigenvalue weighted by atomic mass is 32.2. The zero-order valence-electron chi connectivity index (χ0n) is 9.62. The number of sulfonamides is 1. The van der Waals surface area contributed by atoms with Gasteiger partial charge in [0.15, 0.2) is 16.9 Å². The molecule has 0 unspecified atom stereocenters. The predicted molar refractivity (Wildman–Crippen MR) is 67.4 cm³/mol. The van der Waals surface area contributed by atoms with Gasteiger partial charge in [-0.1, -0.05) is 0 Å². The number of nitrogens with one attached hydrogen (secondary N) is 1. The van der Waals surface area contributed by atoms with E-state index in [1.807, 2.05) is 4.72 Å². The first-order valence-electron chi connectivity index (χ1n) is 5.12.